The molecule has 1 aliphatic rings. The molecule has 0 radical (unpaired) electrons. The Balaban J connectivity index is 2.30. The zero-order chi connectivity index (χ0) is 12.5. The third-order valence-corrected chi connectivity index (χ3v) is 4.65. The first-order valence-electron chi connectivity index (χ1n) is 6.77. The lowest BCUT2D eigenvalue weighted by Crippen LogP contribution is -2.37. The van der Waals surface area contributed by atoms with Crippen molar-refractivity contribution in [2.24, 2.45) is 5.92 Å². The molecule has 0 N–H and O–H groups in total. The highest BCUT2D eigenvalue weighted by Crippen LogP contribution is 2.43. The molecule has 0 saturated heterocycles. The van der Waals surface area contributed by atoms with Crippen LogP contribution in [0, 0.1) is 5.92 Å². The van der Waals surface area contributed by atoms with Crippen molar-refractivity contribution >= 4 is 0 Å². The molecule has 1 heteroatoms. The SMILES string of the molecule is CC1CCc2ccccc2C1(C)CCN(C)C. The quantitative estimate of drug-likeness (QED) is 0.770. The van der Waals surface area contributed by atoms with Crippen molar-refractivity contribution in [1.29, 1.82) is 0 Å². The van der Waals surface area contributed by atoms with Crippen molar-refractivity contribution in [1.82, 2.24) is 4.90 Å². The lowest BCUT2D eigenvalue weighted by Gasteiger charge is -2.42. The maximum Gasteiger partial charge on any atom is -0.00163 e. The van der Waals surface area contributed by atoms with Crippen LogP contribution in [0.2, 0.25) is 0 Å². The Morgan fingerprint density at radius 2 is 2.00 bits per heavy atom. The molecule has 0 heterocycles. The second-order valence-corrected chi connectivity index (χ2v) is 6.07. The van der Waals surface area contributed by atoms with Gasteiger partial charge in [-0.1, -0.05) is 38.1 Å². The smallest absolute Gasteiger partial charge is 0.00163 e. The molecule has 94 valence electrons. The van der Waals surface area contributed by atoms with E-state index in [4.69, 9.17) is 0 Å². The molecule has 1 nitrogen and oxygen atoms in total. The van der Waals surface area contributed by atoms with Crippen molar-refractivity contribution < 1.29 is 0 Å². The predicted molar refractivity (Wildman–Crippen MR) is 74.5 cm³/mol. The normalized spacial score (nSPS) is 28.2. The third kappa shape index (κ3) is 2.40. The fraction of sp³-hybridized carbons (Fsp3) is 0.625. The molecule has 2 rings (SSSR count). The minimum atomic E-state index is 0.360. The van der Waals surface area contributed by atoms with Gasteiger partial charge in [-0.3, -0.25) is 0 Å². The van der Waals surface area contributed by atoms with Crippen molar-refractivity contribution in [3.63, 3.8) is 0 Å². The van der Waals surface area contributed by atoms with Gasteiger partial charge in [0.1, 0.15) is 0 Å². The van der Waals surface area contributed by atoms with E-state index in [1.807, 2.05) is 0 Å². The monoisotopic (exact) mass is 231 g/mol. The summed E-state index contributed by atoms with van der Waals surface area (Å²) in [6.07, 6.45) is 3.86. The van der Waals surface area contributed by atoms with E-state index in [0.717, 1.165) is 5.92 Å². The van der Waals surface area contributed by atoms with E-state index in [9.17, 15) is 0 Å². The molecule has 0 amide bonds. The molecule has 0 spiro atoms. The van der Waals surface area contributed by atoms with E-state index in [1.54, 1.807) is 11.1 Å². The van der Waals surface area contributed by atoms with Gasteiger partial charge in [-0.15, -0.1) is 0 Å². The summed E-state index contributed by atoms with van der Waals surface area (Å²) in [5.74, 6) is 0.789. The zero-order valence-electron chi connectivity index (χ0n) is 11.7. The fourth-order valence-corrected chi connectivity index (χ4v) is 3.09. The first kappa shape index (κ1) is 12.6. The number of hydrogen-bond acceptors (Lipinski definition) is 1. The number of hydrogen-bond donors (Lipinski definition) is 0. The van der Waals surface area contributed by atoms with Gasteiger partial charge in [0, 0.05) is 0 Å². The van der Waals surface area contributed by atoms with Crippen LogP contribution in [0.4, 0.5) is 0 Å². The van der Waals surface area contributed by atoms with Gasteiger partial charge in [-0.2, -0.15) is 0 Å². The van der Waals surface area contributed by atoms with Crippen LogP contribution in [0.25, 0.3) is 0 Å². The van der Waals surface area contributed by atoms with Crippen molar-refractivity contribution in [2.45, 2.75) is 38.5 Å². The van der Waals surface area contributed by atoms with Crippen LogP contribution < -0.4 is 0 Å². The summed E-state index contributed by atoms with van der Waals surface area (Å²) in [4.78, 5) is 2.30. The molecule has 1 aromatic carbocycles. The van der Waals surface area contributed by atoms with E-state index in [2.05, 4.69) is 57.1 Å². The standard InChI is InChI=1S/C16H25N/c1-13-9-10-14-7-5-6-8-15(14)16(13,2)11-12-17(3)4/h5-8,13H,9-12H2,1-4H3. The molecule has 2 unspecified atom stereocenters. The average molecular weight is 231 g/mol. The molecule has 0 saturated carbocycles. The molecule has 17 heavy (non-hydrogen) atoms. The van der Waals surface area contributed by atoms with Crippen LogP contribution in [0.3, 0.4) is 0 Å². The minimum absolute atomic E-state index is 0.360. The summed E-state index contributed by atoms with van der Waals surface area (Å²) in [7, 11) is 4.34. The predicted octanol–water partition coefficient (Wildman–Crippen LogP) is 3.48. The van der Waals surface area contributed by atoms with Crippen LogP contribution in [-0.4, -0.2) is 25.5 Å². The first-order chi connectivity index (χ1) is 8.04. The summed E-state index contributed by atoms with van der Waals surface area (Å²) in [5.41, 5.74) is 3.53. The van der Waals surface area contributed by atoms with Gasteiger partial charge in [0.25, 0.3) is 0 Å². The Bertz CT molecular complexity index is 383. The average Bonchev–Trinajstić information content (AvgIpc) is 2.32. The molecule has 0 bridgehead atoms. The molecule has 2 atom stereocenters. The molecule has 0 aliphatic heterocycles. The molecule has 0 fully saturated rings. The number of aryl methyl sites for hydroxylation is 1. The summed E-state index contributed by atoms with van der Waals surface area (Å²) in [6.45, 7) is 6.06. The van der Waals surface area contributed by atoms with Gasteiger partial charge in [0.2, 0.25) is 0 Å². The molecule has 1 aromatic rings. The Hall–Kier alpha value is -0.820. The number of fused-ring (bicyclic) bond motifs is 1. The fourth-order valence-electron chi connectivity index (χ4n) is 3.09. The Morgan fingerprint density at radius 1 is 1.29 bits per heavy atom. The summed E-state index contributed by atoms with van der Waals surface area (Å²) < 4.78 is 0. The van der Waals surface area contributed by atoms with Gasteiger partial charge < -0.3 is 4.90 Å². The lowest BCUT2D eigenvalue weighted by molar-refractivity contribution is 0.229. The Morgan fingerprint density at radius 3 is 2.71 bits per heavy atom. The van der Waals surface area contributed by atoms with Crippen LogP contribution in [0.15, 0.2) is 24.3 Å². The molecule has 1 aliphatic carbocycles. The van der Waals surface area contributed by atoms with E-state index in [-0.39, 0.29) is 0 Å². The molecular formula is C16H25N. The maximum atomic E-state index is 2.46. The van der Waals surface area contributed by atoms with E-state index >= 15 is 0 Å². The van der Waals surface area contributed by atoms with Gasteiger partial charge in [-0.05, 0) is 62.4 Å². The number of nitrogens with zero attached hydrogens (tertiary/aromatic N) is 1. The second kappa shape index (κ2) is 4.81. The highest BCUT2D eigenvalue weighted by atomic mass is 15.0. The highest BCUT2D eigenvalue weighted by molar-refractivity contribution is 5.37. The first-order valence-corrected chi connectivity index (χ1v) is 6.77. The van der Waals surface area contributed by atoms with Crippen molar-refractivity contribution in [3.8, 4) is 0 Å². The molecule has 0 aromatic heterocycles. The van der Waals surface area contributed by atoms with Gasteiger partial charge >= 0.3 is 0 Å². The van der Waals surface area contributed by atoms with Crippen molar-refractivity contribution in [3.05, 3.63) is 35.4 Å². The Labute approximate surface area is 106 Å². The highest BCUT2D eigenvalue weighted by Gasteiger charge is 2.37. The van der Waals surface area contributed by atoms with Gasteiger partial charge in [0.15, 0.2) is 0 Å². The topological polar surface area (TPSA) is 3.24 Å². The molecular weight excluding hydrogens is 206 g/mol. The van der Waals surface area contributed by atoms with Crippen LogP contribution in [0.1, 0.15) is 37.8 Å². The lowest BCUT2D eigenvalue weighted by atomic mass is 9.63. The third-order valence-electron chi connectivity index (χ3n) is 4.65. The summed E-state index contributed by atoms with van der Waals surface area (Å²) in [5, 5.41) is 0. The second-order valence-electron chi connectivity index (χ2n) is 6.07. The Kier molecular flexibility index (Phi) is 3.58. The zero-order valence-corrected chi connectivity index (χ0v) is 11.7. The number of rotatable bonds is 3. The van der Waals surface area contributed by atoms with Crippen LogP contribution in [-0.2, 0) is 11.8 Å². The van der Waals surface area contributed by atoms with E-state index < -0.39 is 0 Å². The van der Waals surface area contributed by atoms with Crippen LogP contribution >= 0.6 is 0 Å². The van der Waals surface area contributed by atoms with Gasteiger partial charge in [-0.25, -0.2) is 0 Å². The van der Waals surface area contributed by atoms with Crippen molar-refractivity contribution in [2.75, 3.05) is 20.6 Å². The minimum Gasteiger partial charge on any atom is -0.309 e. The summed E-state index contributed by atoms with van der Waals surface area (Å²) in [6, 6.07) is 9.04. The van der Waals surface area contributed by atoms with Crippen LogP contribution in [0.5, 0.6) is 0 Å². The largest absolute Gasteiger partial charge is 0.309 e. The maximum absolute atomic E-state index is 2.46. The number of benzene rings is 1. The van der Waals surface area contributed by atoms with E-state index in [0.29, 0.717) is 5.41 Å². The summed E-state index contributed by atoms with van der Waals surface area (Å²) >= 11 is 0. The van der Waals surface area contributed by atoms with Gasteiger partial charge in [0.05, 0.1) is 0 Å². The van der Waals surface area contributed by atoms with E-state index in [1.165, 1.54) is 25.8 Å².